The van der Waals surface area contributed by atoms with Gasteiger partial charge >= 0.3 is 0 Å². The van der Waals surface area contributed by atoms with Crippen molar-refractivity contribution in [2.24, 2.45) is 11.7 Å². The molecule has 94 valence electrons. The van der Waals surface area contributed by atoms with E-state index in [0.717, 1.165) is 22.7 Å². The molecule has 1 aromatic carbocycles. The Morgan fingerprint density at radius 2 is 2.29 bits per heavy atom. The second-order valence-corrected chi connectivity index (χ2v) is 4.52. The Morgan fingerprint density at radius 3 is 2.94 bits per heavy atom. The summed E-state index contributed by atoms with van der Waals surface area (Å²) >= 11 is 6.09. The minimum Gasteiger partial charge on any atom is -0.330 e. The molecular formula is C12H16Cl2N2O. The lowest BCUT2D eigenvalue weighted by Crippen LogP contribution is -2.36. The van der Waals surface area contributed by atoms with Crippen molar-refractivity contribution in [2.75, 3.05) is 18.0 Å². The number of hydrogen-bond donors (Lipinski definition) is 1. The van der Waals surface area contributed by atoms with E-state index in [1.54, 1.807) is 4.90 Å². The summed E-state index contributed by atoms with van der Waals surface area (Å²) < 4.78 is 0. The van der Waals surface area contributed by atoms with Crippen molar-refractivity contribution in [1.82, 2.24) is 0 Å². The lowest BCUT2D eigenvalue weighted by molar-refractivity contribution is -0.121. The van der Waals surface area contributed by atoms with Crippen LogP contribution in [0.2, 0.25) is 5.02 Å². The van der Waals surface area contributed by atoms with Crippen molar-refractivity contribution in [1.29, 1.82) is 0 Å². The van der Waals surface area contributed by atoms with Crippen LogP contribution in [0.4, 0.5) is 5.69 Å². The number of amides is 1. The Bertz CT molecular complexity index is 423. The van der Waals surface area contributed by atoms with E-state index in [9.17, 15) is 4.79 Å². The maximum atomic E-state index is 12.1. The number of hydrogen-bond acceptors (Lipinski definition) is 2. The van der Waals surface area contributed by atoms with Gasteiger partial charge in [0, 0.05) is 29.7 Å². The molecule has 0 fully saturated rings. The molecule has 3 nitrogen and oxygen atoms in total. The van der Waals surface area contributed by atoms with Gasteiger partial charge in [0.25, 0.3) is 0 Å². The zero-order valence-corrected chi connectivity index (χ0v) is 11.2. The van der Waals surface area contributed by atoms with Crippen LogP contribution in [-0.4, -0.2) is 19.0 Å². The fraction of sp³-hybridized carbons (Fsp3) is 0.417. The number of rotatable bonds is 2. The van der Waals surface area contributed by atoms with Crippen molar-refractivity contribution < 1.29 is 4.79 Å². The highest BCUT2D eigenvalue weighted by Gasteiger charge is 2.28. The van der Waals surface area contributed by atoms with Gasteiger partial charge in [0.15, 0.2) is 0 Å². The standard InChI is InChI=1S/C12H15ClN2O.ClH/c1-8(7-14)12(16)15-6-5-9-10(13)3-2-4-11(9)15;/h2-4,8H,5-7,14H2,1H3;1H. The summed E-state index contributed by atoms with van der Waals surface area (Å²) in [4.78, 5) is 13.8. The largest absolute Gasteiger partial charge is 0.330 e. The zero-order valence-electron chi connectivity index (χ0n) is 9.65. The first-order valence-corrected chi connectivity index (χ1v) is 5.81. The molecule has 1 aliphatic rings. The first-order chi connectivity index (χ1) is 7.65. The fourth-order valence-corrected chi connectivity index (χ4v) is 2.25. The lowest BCUT2D eigenvalue weighted by Gasteiger charge is -2.20. The number of halogens is 2. The van der Waals surface area contributed by atoms with E-state index in [-0.39, 0.29) is 24.2 Å². The molecule has 1 aromatic rings. The monoisotopic (exact) mass is 274 g/mol. The number of fused-ring (bicyclic) bond motifs is 1. The van der Waals surface area contributed by atoms with Gasteiger partial charge in [-0.1, -0.05) is 24.6 Å². The summed E-state index contributed by atoms with van der Waals surface area (Å²) in [5, 5.41) is 0.744. The molecule has 2 rings (SSSR count). The van der Waals surface area contributed by atoms with Crippen molar-refractivity contribution >= 4 is 35.6 Å². The third-order valence-corrected chi connectivity index (χ3v) is 3.37. The lowest BCUT2D eigenvalue weighted by atomic mass is 10.1. The molecule has 1 amide bonds. The van der Waals surface area contributed by atoms with E-state index in [2.05, 4.69) is 0 Å². The van der Waals surface area contributed by atoms with Gasteiger partial charge in [-0.2, -0.15) is 0 Å². The average Bonchev–Trinajstić information content (AvgIpc) is 2.72. The van der Waals surface area contributed by atoms with Crippen LogP contribution in [0.3, 0.4) is 0 Å². The summed E-state index contributed by atoms with van der Waals surface area (Å²) in [7, 11) is 0. The first kappa shape index (κ1) is 14.3. The van der Waals surface area contributed by atoms with Crippen molar-refractivity contribution in [3.05, 3.63) is 28.8 Å². The molecule has 1 unspecified atom stereocenters. The Kier molecular flexibility index (Phi) is 4.80. The van der Waals surface area contributed by atoms with E-state index in [1.807, 2.05) is 25.1 Å². The van der Waals surface area contributed by atoms with E-state index >= 15 is 0 Å². The Morgan fingerprint density at radius 1 is 1.59 bits per heavy atom. The molecule has 17 heavy (non-hydrogen) atoms. The minimum atomic E-state index is -0.134. The number of nitrogens with zero attached hydrogens (tertiary/aromatic N) is 1. The Labute approximate surface area is 112 Å². The van der Waals surface area contributed by atoms with Gasteiger partial charge in [-0.05, 0) is 24.1 Å². The van der Waals surface area contributed by atoms with E-state index in [4.69, 9.17) is 17.3 Å². The summed E-state index contributed by atoms with van der Waals surface area (Å²) in [5.74, 6) is -0.0477. The highest BCUT2D eigenvalue weighted by molar-refractivity contribution is 6.32. The number of benzene rings is 1. The molecule has 1 aliphatic heterocycles. The third kappa shape index (κ3) is 2.57. The van der Waals surface area contributed by atoms with Gasteiger partial charge in [0.1, 0.15) is 0 Å². The second-order valence-electron chi connectivity index (χ2n) is 4.11. The van der Waals surface area contributed by atoms with Crippen LogP contribution in [0.1, 0.15) is 12.5 Å². The quantitative estimate of drug-likeness (QED) is 0.899. The molecule has 0 spiro atoms. The molecule has 1 heterocycles. The molecule has 0 radical (unpaired) electrons. The van der Waals surface area contributed by atoms with E-state index in [1.165, 1.54) is 0 Å². The van der Waals surface area contributed by atoms with Crippen molar-refractivity contribution in [2.45, 2.75) is 13.3 Å². The zero-order chi connectivity index (χ0) is 11.7. The fourth-order valence-electron chi connectivity index (χ4n) is 1.99. The maximum Gasteiger partial charge on any atom is 0.231 e. The predicted octanol–water partition coefficient (Wildman–Crippen LogP) is 2.25. The van der Waals surface area contributed by atoms with Crippen LogP contribution in [0, 0.1) is 5.92 Å². The topological polar surface area (TPSA) is 46.3 Å². The minimum absolute atomic E-state index is 0. The molecule has 5 heteroatoms. The van der Waals surface area contributed by atoms with Gasteiger partial charge in [0.2, 0.25) is 5.91 Å². The molecule has 0 saturated carbocycles. The molecule has 0 saturated heterocycles. The summed E-state index contributed by atoms with van der Waals surface area (Å²) in [6, 6.07) is 5.68. The molecule has 2 N–H and O–H groups in total. The highest BCUT2D eigenvalue weighted by atomic mass is 35.5. The van der Waals surface area contributed by atoms with Gasteiger partial charge in [-0.3, -0.25) is 4.79 Å². The van der Waals surface area contributed by atoms with Crippen LogP contribution in [0.5, 0.6) is 0 Å². The normalized spacial score (nSPS) is 15.1. The van der Waals surface area contributed by atoms with E-state index in [0.29, 0.717) is 13.1 Å². The first-order valence-electron chi connectivity index (χ1n) is 5.44. The number of nitrogens with two attached hydrogens (primary N) is 1. The average molecular weight is 275 g/mol. The Balaban J connectivity index is 0.00000144. The van der Waals surface area contributed by atoms with Crippen LogP contribution in [0.25, 0.3) is 0 Å². The molecule has 0 bridgehead atoms. The molecule has 0 aromatic heterocycles. The van der Waals surface area contributed by atoms with Crippen molar-refractivity contribution in [3.8, 4) is 0 Å². The second kappa shape index (κ2) is 5.71. The summed E-state index contributed by atoms with van der Waals surface area (Å²) in [6.45, 7) is 2.94. The molecule has 0 aliphatic carbocycles. The Hall–Kier alpha value is -0.770. The summed E-state index contributed by atoms with van der Waals surface area (Å²) in [6.07, 6.45) is 0.831. The number of carbonyl (C=O) groups excluding carboxylic acids is 1. The van der Waals surface area contributed by atoms with Crippen LogP contribution >= 0.6 is 24.0 Å². The van der Waals surface area contributed by atoms with Gasteiger partial charge in [-0.25, -0.2) is 0 Å². The molecule has 1 atom stereocenters. The van der Waals surface area contributed by atoms with Crippen LogP contribution < -0.4 is 10.6 Å². The highest BCUT2D eigenvalue weighted by Crippen LogP contribution is 2.33. The number of anilines is 1. The molecular weight excluding hydrogens is 259 g/mol. The van der Waals surface area contributed by atoms with Crippen LogP contribution in [0.15, 0.2) is 18.2 Å². The third-order valence-electron chi connectivity index (χ3n) is 3.01. The van der Waals surface area contributed by atoms with E-state index < -0.39 is 0 Å². The van der Waals surface area contributed by atoms with Crippen LogP contribution in [-0.2, 0) is 11.2 Å². The van der Waals surface area contributed by atoms with Gasteiger partial charge in [-0.15, -0.1) is 12.4 Å². The number of carbonyl (C=O) groups is 1. The van der Waals surface area contributed by atoms with Crippen molar-refractivity contribution in [3.63, 3.8) is 0 Å². The maximum absolute atomic E-state index is 12.1. The van der Waals surface area contributed by atoms with Gasteiger partial charge in [0.05, 0.1) is 0 Å². The van der Waals surface area contributed by atoms with Gasteiger partial charge < -0.3 is 10.6 Å². The predicted molar refractivity (Wildman–Crippen MR) is 73.0 cm³/mol. The SMILES string of the molecule is CC(CN)C(=O)N1CCc2c(Cl)cccc21.Cl. The smallest absolute Gasteiger partial charge is 0.231 e. The summed E-state index contributed by atoms with van der Waals surface area (Å²) in [5.41, 5.74) is 7.53.